The van der Waals surface area contributed by atoms with Crippen LogP contribution in [0.15, 0.2) is 10.7 Å². The number of hydrogen-bond donors (Lipinski definition) is 0. The third-order valence-corrected chi connectivity index (χ3v) is 2.28. The zero-order valence-corrected chi connectivity index (χ0v) is 8.94. The molecule has 0 saturated carbocycles. The van der Waals surface area contributed by atoms with E-state index in [4.69, 9.17) is 0 Å². The Kier molecular flexibility index (Phi) is 3.61. The van der Waals surface area contributed by atoms with Crippen LogP contribution in [0, 0.1) is 0 Å². The molecule has 1 heterocycles. The Morgan fingerprint density at radius 3 is 2.31 bits per heavy atom. The summed E-state index contributed by atoms with van der Waals surface area (Å²) in [5.74, 6) is 0. The molecule has 0 atom stereocenters. The lowest BCUT2D eigenvalue weighted by atomic mass is 10.1. The first-order valence-electron chi connectivity index (χ1n) is 3.78. The second kappa shape index (κ2) is 4.44. The van der Waals surface area contributed by atoms with Crippen molar-refractivity contribution in [2.75, 3.05) is 0 Å². The van der Waals surface area contributed by atoms with Crippen molar-refractivity contribution in [1.82, 2.24) is 4.98 Å². The Balaban J connectivity index is 3.53. The van der Waals surface area contributed by atoms with Gasteiger partial charge in [0.2, 0.25) is 0 Å². The zero-order chi connectivity index (χ0) is 12.5. The molecule has 16 heavy (non-hydrogen) atoms. The largest absolute Gasteiger partial charge is 0.417 e. The van der Waals surface area contributed by atoms with Gasteiger partial charge in [-0.15, -0.1) is 0 Å². The van der Waals surface area contributed by atoms with Crippen LogP contribution in [-0.2, 0) is 6.18 Å². The molecular formula is C8H3BrF5NO. The van der Waals surface area contributed by atoms with E-state index in [0.29, 0.717) is 6.07 Å². The minimum absolute atomic E-state index is 0.0508. The molecule has 0 aliphatic carbocycles. The molecule has 8 heteroatoms. The highest BCUT2D eigenvalue weighted by atomic mass is 79.9. The standard InChI is InChI=1S/C8H3BrF5NO/c9-6-5(7(10)11)4(8(12,13)14)1-3(2-16)15-6/h1-2,7H. The number of alkyl halides is 5. The number of carbonyl (C=O) groups is 1. The summed E-state index contributed by atoms with van der Waals surface area (Å²) in [4.78, 5) is 13.5. The summed E-state index contributed by atoms with van der Waals surface area (Å²) in [5, 5.41) is 0. The Morgan fingerprint density at radius 2 is 1.94 bits per heavy atom. The van der Waals surface area contributed by atoms with Gasteiger partial charge < -0.3 is 0 Å². The van der Waals surface area contributed by atoms with Crippen molar-refractivity contribution in [3.8, 4) is 0 Å². The maximum absolute atomic E-state index is 12.4. The topological polar surface area (TPSA) is 30.0 Å². The molecule has 1 aromatic rings. The Hall–Kier alpha value is -1.05. The lowest BCUT2D eigenvalue weighted by Gasteiger charge is -2.13. The average molecular weight is 304 g/mol. The highest BCUT2D eigenvalue weighted by Crippen LogP contribution is 2.39. The van der Waals surface area contributed by atoms with Crippen molar-refractivity contribution in [3.63, 3.8) is 0 Å². The van der Waals surface area contributed by atoms with Gasteiger partial charge in [-0.1, -0.05) is 0 Å². The van der Waals surface area contributed by atoms with Crippen molar-refractivity contribution >= 4 is 22.2 Å². The normalized spacial score (nSPS) is 11.9. The fraction of sp³-hybridized carbons (Fsp3) is 0.250. The van der Waals surface area contributed by atoms with Crippen molar-refractivity contribution in [2.45, 2.75) is 12.6 Å². The number of halogens is 6. The summed E-state index contributed by atoms with van der Waals surface area (Å²) in [7, 11) is 0. The van der Waals surface area contributed by atoms with Gasteiger partial charge in [0.1, 0.15) is 10.3 Å². The highest BCUT2D eigenvalue weighted by molar-refractivity contribution is 9.10. The number of pyridine rings is 1. The number of nitrogens with zero attached hydrogens (tertiary/aromatic N) is 1. The zero-order valence-electron chi connectivity index (χ0n) is 7.36. The highest BCUT2D eigenvalue weighted by Gasteiger charge is 2.37. The van der Waals surface area contributed by atoms with E-state index >= 15 is 0 Å². The van der Waals surface area contributed by atoms with E-state index in [0.717, 1.165) is 0 Å². The smallest absolute Gasteiger partial charge is 0.296 e. The van der Waals surface area contributed by atoms with Gasteiger partial charge in [-0.05, 0) is 22.0 Å². The van der Waals surface area contributed by atoms with E-state index in [9.17, 15) is 26.7 Å². The van der Waals surface area contributed by atoms with E-state index in [2.05, 4.69) is 20.9 Å². The molecule has 0 fully saturated rings. The first-order chi connectivity index (χ1) is 7.27. The maximum atomic E-state index is 12.4. The molecule has 0 amide bonds. The number of rotatable bonds is 2. The fourth-order valence-electron chi connectivity index (χ4n) is 1.05. The molecule has 1 aromatic heterocycles. The maximum Gasteiger partial charge on any atom is 0.417 e. The minimum Gasteiger partial charge on any atom is -0.296 e. The van der Waals surface area contributed by atoms with Crippen LogP contribution in [0.3, 0.4) is 0 Å². The van der Waals surface area contributed by atoms with Gasteiger partial charge in [0.25, 0.3) is 6.43 Å². The third-order valence-electron chi connectivity index (χ3n) is 1.68. The molecule has 0 saturated heterocycles. The SMILES string of the molecule is O=Cc1cc(C(F)(F)F)c(C(F)F)c(Br)n1. The minimum atomic E-state index is -4.96. The van der Waals surface area contributed by atoms with E-state index in [-0.39, 0.29) is 6.29 Å². The van der Waals surface area contributed by atoms with Crippen LogP contribution in [0.1, 0.15) is 28.0 Å². The lowest BCUT2D eigenvalue weighted by molar-refractivity contribution is -0.139. The van der Waals surface area contributed by atoms with Crippen LogP contribution in [0.4, 0.5) is 22.0 Å². The summed E-state index contributed by atoms with van der Waals surface area (Å²) in [6.45, 7) is 0. The Bertz CT molecular complexity index is 418. The van der Waals surface area contributed by atoms with Crippen LogP contribution in [0.5, 0.6) is 0 Å². The quantitative estimate of drug-likeness (QED) is 0.474. The van der Waals surface area contributed by atoms with E-state index in [1.807, 2.05) is 0 Å². The van der Waals surface area contributed by atoms with Crippen LogP contribution in [-0.4, -0.2) is 11.3 Å². The molecule has 0 bridgehead atoms. The molecule has 0 aliphatic heterocycles. The number of carbonyl (C=O) groups excluding carboxylic acids is 1. The second-order valence-corrected chi connectivity index (χ2v) is 3.47. The van der Waals surface area contributed by atoms with Gasteiger partial charge in [0, 0.05) is 0 Å². The number of aldehydes is 1. The van der Waals surface area contributed by atoms with Gasteiger partial charge in [-0.25, -0.2) is 13.8 Å². The Morgan fingerprint density at radius 1 is 1.38 bits per heavy atom. The predicted octanol–water partition coefficient (Wildman–Crippen LogP) is 3.61. The molecule has 0 spiro atoms. The predicted molar refractivity (Wildman–Crippen MR) is 47.3 cm³/mol. The van der Waals surface area contributed by atoms with Crippen LogP contribution >= 0.6 is 15.9 Å². The van der Waals surface area contributed by atoms with E-state index in [1.165, 1.54) is 0 Å². The van der Waals surface area contributed by atoms with Gasteiger partial charge >= 0.3 is 6.18 Å². The second-order valence-electron chi connectivity index (χ2n) is 2.72. The molecule has 2 nitrogen and oxygen atoms in total. The van der Waals surface area contributed by atoms with Crippen molar-refractivity contribution in [2.24, 2.45) is 0 Å². The molecule has 0 unspecified atom stereocenters. The molecule has 0 radical (unpaired) electrons. The monoisotopic (exact) mass is 303 g/mol. The first kappa shape index (κ1) is 13.0. The van der Waals surface area contributed by atoms with Crippen LogP contribution in [0.2, 0.25) is 0 Å². The van der Waals surface area contributed by atoms with Gasteiger partial charge in [-0.2, -0.15) is 13.2 Å². The van der Waals surface area contributed by atoms with Crippen LogP contribution < -0.4 is 0 Å². The van der Waals surface area contributed by atoms with Crippen molar-refractivity contribution in [3.05, 3.63) is 27.5 Å². The van der Waals surface area contributed by atoms with E-state index < -0.39 is 34.0 Å². The lowest BCUT2D eigenvalue weighted by Crippen LogP contribution is -2.12. The van der Waals surface area contributed by atoms with Crippen LogP contribution in [0.25, 0.3) is 0 Å². The van der Waals surface area contributed by atoms with Gasteiger partial charge in [-0.3, -0.25) is 4.79 Å². The van der Waals surface area contributed by atoms with Crippen molar-refractivity contribution in [1.29, 1.82) is 0 Å². The van der Waals surface area contributed by atoms with Gasteiger partial charge in [0.05, 0.1) is 11.1 Å². The molecule has 88 valence electrons. The molecule has 0 aliphatic rings. The summed E-state index contributed by atoms with van der Waals surface area (Å²) < 4.78 is 61.3. The fourth-order valence-corrected chi connectivity index (χ4v) is 1.64. The van der Waals surface area contributed by atoms with E-state index in [1.54, 1.807) is 0 Å². The summed E-state index contributed by atoms with van der Waals surface area (Å²) in [5.41, 5.74) is -3.40. The molecule has 1 rings (SSSR count). The average Bonchev–Trinajstić information content (AvgIpc) is 2.14. The number of hydrogen-bond acceptors (Lipinski definition) is 2. The summed E-state index contributed by atoms with van der Waals surface area (Å²) in [6, 6.07) is 0.291. The molecule has 0 aromatic carbocycles. The number of aromatic nitrogens is 1. The third kappa shape index (κ3) is 2.55. The molecular weight excluding hydrogens is 301 g/mol. The molecule has 0 N–H and O–H groups in total. The van der Waals surface area contributed by atoms with Crippen molar-refractivity contribution < 1.29 is 26.7 Å². The summed E-state index contributed by atoms with van der Waals surface area (Å²) in [6.07, 6.45) is -8.25. The summed E-state index contributed by atoms with van der Waals surface area (Å²) >= 11 is 2.48. The van der Waals surface area contributed by atoms with Gasteiger partial charge in [0.15, 0.2) is 6.29 Å². The Labute approximate surface area is 94.6 Å². The first-order valence-corrected chi connectivity index (χ1v) is 4.57.